The van der Waals surface area contributed by atoms with Crippen molar-refractivity contribution in [1.82, 2.24) is 5.32 Å². The molecule has 2 nitrogen and oxygen atoms in total. The smallest absolute Gasteiger partial charge is 0.257 e. The minimum Gasteiger partial charge on any atom is -0.349 e. The summed E-state index contributed by atoms with van der Waals surface area (Å²) in [5.41, 5.74) is -0.748. The Kier molecular flexibility index (Phi) is 5.85. The van der Waals surface area contributed by atoms with Crippen molar-refractivity contribution >= 4 is 21.8 Å². The van der Waals surface area contributed by atoms with E-state index >= 15 is 0 Å². The Morgan fingerprint density at radius 1 is 1.26 bits per heavy atom. The van der Waals surface area contributed by atoms with E-state index in [1.807, 2.05) is 13.8 Å². The van der Waals surface area contributed by atoms with Gasteiger partial charge in [0.25, 0.3) is 5.91 Å². The van der Waals surface area contributed by atoms with Crippen molar-refractivity contribution in [2.75, 3.05) is 5.33 Å². The van der Waals surface area contributed by atoms with Gasteiger partial charge in [0.2, 0.25) is 0 Å². The van der Waals surface area contributed by atoms with Crippen molar-refractivity contribution in [2.24, 2.45) is 5.92 Å². The van der Waals surface area contributed by atoms with Crippen LogP contribution in [0.5, 0.6) is 0 Å². The van der Waals surface area contributed by atoms with E-state index in [4.69, 9.17) is 0 Å². The molecule has 1 unspecified atom stereocenters. The summed E-state index contributed by atoms with van der Waals surface area (Å²) in [7, 11) is 0. The molecule has 106 valence electrons. The highest BCUT2D eigenvalue weighted by Gasteiger charge is 2.22. The molecule has 0 saturated heterocycles. The van der Waals surface area contributed by atoms with E-state index in [1.54, 1.807) is 0 Å². The molecule has 6 heteroatoms. The van der Waals surface area contributed by atoms with Gasteiger partial charge in [-0.25, -0.2) is 13.2 Å². The number of carbonyl (C=O) groups is 1. The Morgan fingerprint density at radius 2 is 1.79 bits per heavy atom. The molecule has 0 radical (unpaired) electrons. The number of hydrogen-bond donors (Lipinski definition) is 1. The van der Waals surface area contributed by atoms with E-state index in [0.717, 1.165) is 0 Å². The summed E-state index contributed by atoms with van der Waals surface area (Å²) in [6, 6.07) is 0.774. The molecule has 0 aliphatic carbocycles. The second-order valence-corrected chi connectivity index (χ2v) is 5.34. The van der Waals surface area contributed by atoms with E-state index in [9.17, 15) is 18.0 Å². The Labute approximate surface area is 118 Å². The zero-order valence-electron chi connectivity index (χ0n) is 10.6. The van der Waals surface area contributed by atoms with E-state index in [2.05, 4.69) is 21.2 Å². The Balaban J connectivity index is 2.94. The van der Waals surface area contributed by atoms with Crippen LogP contribution >= 0.6 is 15.9 Å². The number of benzene rings is 1. The fourth-order valence-corrected chi connectivity index (χ4v) is 2.18. The molecular formula is C13H15BrF3NO. The highest BCUT2D eigenvalue weighted by Crippen LogP contribution is 2.16. The molecule has 1 atom stereocenters. The summed E-state index contributed by atoms with van der Waals surface area (Å²) in [5.74, 6) is -4.19. The van der Waals surface area contributed by atoms with Crippen LogP contribution in [0.15, 0.2) is 12.1 Å². The fraction of sp³-hybridized carbons (Fsp3) is 0.462. The first kappa shape index (κ1) is 16.0. The van der Waals surface area contributed by atoms with Gasteiger partial charge in [-0.2, -0.15) is 0 Å². The maximum absolute atomic E-state index is 13.4. The van der Waals surface area contributed by atoms with Gasteiger partial charge in [-0.3, -0.25) is 4.79 Å². The van der Waals surface area contributed by atoms with Crippen LogP contribution in [0.4, 0.5) is 13.2 Å². The lowest BCUT2D eigenvalue weighted by molar-refractivity contribution is 0.0916. The zero-order valence-corrected chi connectivity index (χ0v) is 12.2. The summed E-state index contributed by atoms with van der Waals surface area (Å²) >= 11 is 3.25. The minimum absolute atomic E-state index is 0.119. The maximum atomic E-state index is 13.4. The normalized spacial score (nSPS) is 12.6. The molecule has 0 fully saturated rings. The molecule has 0 aliphatic heterocycles. The van der Waals surface area contributed by atoms with Crippen LogP contribution in [-0.4, -0.2) is 17.3 Å². The predicted octanol–water partition coefficient (Wildman–Crippen LogP) is 3.64. The molecular weight excluding hydrogens is 323 g/mol. The van der Waals surface area contributed by atoms with E-state index < -0.39 is 28.9 Å². The highest BCUT2D eigenvalue weighted by molar-refractivity contribution is 9.09. The Bertz CT molecular complexity index is 442. The quantitative estimate of drug-likeness (QED) is 0.816. The first-order valence-electron chi connectivity index (χ1n) is 5.88. The van der Waals surface area contributed by atoms with Crippen molar-refractivity contribution in [3.63, 3.8) is 0 Å². The van der Waals surface area contributed by atoms with Crippen molar-refractivity contribution in [1.29, 1.82) is 0 Å². The van der Waals surface area contributed by atoms with Crippen LogP contribution < -0.4 is 5.32 Å². The maximum Gasteiger partial charge on any atom is 0.257 e. The average molecular weight is 338 g/mol. The van der Waals surface area contributed by atoms with Crippen LogP contribution in [0.2, 0.25) is 0 Å². The monoisotopic (exact) mass is 337 g/mol. The molecule has 0 heterocycles. The zero-order chi connectivity index (χ0) is 14.6. The lowest BCUT2D eigenvalue weighted by atomic mass is 10.0. The second kappa shape index (κ2) is 6.93. The van der Waals surface area contributed by atoms with E-state index in [1.165, 1.54) is 0 Å². The Hall–Kier alpha value is -1.04. The number of alkyl halides is 1. The number of hydrogen-bond acceptors (Lipinski definition) is 1. The van der Waals surface area contributed by atoms with Gasteiger partial charge in [-0.15, -0.1) is 0 Å². The summed E-state index contributed by atoms with van der Waals surface area (Å²) < 4.78 is 39.7. The third-order valence-corrected chi connectivity index (χ3v) is 3.23. The average Bonchev–Trinajstić information content (AvgIpc) is 2.26. The van der Waals surface area contributed by atoms with Gasteiger partial charge in [0.1, 0.15) is 23.0 Å². The van der Waals surface area contributed by atoms with Crippen molar-refractivity contribution < 1.29 is 18.0 Å². The number of amides is 1. The SMILES string of the molecule is CC(C)C(CCBr)NC(=O)c1c(F)cc(F)cc1F. The summed E-state index contributed by atoms with van der Waals surface area (Å²) in [6.07, 6.45) is 0.633. The topological polar surface area (TPSA) is 29.1 Å². The van der Waals surface area contributed by atoms with Crippen LogP contribution in [0.25, 0.3) is 0 Å². The van der Waals surface area contributed by atoms with Crippen molar-refractivity contribution in [3.05, 3.63) is 35.1 Å². The molecule has 0 bridgehead atoms. The van der Waals surface area contributed by atoms with Crippen LogP contribution in [-0.2, 0) is 0 Å². The van der Waals surface area contributed by atoms with Gasteiger partial charge >= 0.3 is 0 Å². The molecule has 0 saturated carbocycles. The van der Waals surface area contributed by atoms with Gasteiger partial charge < -0.3 is 5.32 Å². The van der Waals surface area contributed by atoms with Gasteiger partial charge in [0.15, 0.2) is 0 Å². The first-order chi connectivity index (χ1) is 8.86. The van der Waals surface area contributed by atoms with E-state index in [-0.39, 0.29) is 12.0 Å². The molecule has 19 heavy (non-hydrogen) atoms. The fourth-order valence-electron chi connectivity index (χ4n) is 1.69. The van der Waals surface area contributed by atoms with Crippen molar-refractivity contribution in [2.45, 2.75) is 26.3 Å². The molecule has 1 rings (SSSR count). The Morgan fingerprint density at radius 3 is 2.21 bits per heavy atom. The summed E-state index contributed by atoms with van der Waals surface area (Å²) in [4.78, 5) is 11.9. The number of halogens is 4. The second-order valence-electron chi connectivity index (χ2n) is 4.55. The van der Waals surface area contributed by atoms with Crippen LogP contribution in [0, 0.1) is 23.4 Å². The molecule has 1 N–H and O–H groups in total. The lowest BCUT2D eigenvalue weighted by Crippen LogP contribution is -2.39. The first-order valence-corrected chi connectivity index (χ1v) is 7.00. The molecule has 0 spiro atoms. The van der Waals surface area contributed by atoms with Gasteiger partial charge in [-0.1, -0.05) is 29.8 Å². The van der Waals surface area contributed by atoms with Crippen molar-refractivity contribution in [3.8, 4) is 0 Å². The van der Waals surface area contributed by atoms with E-state index in [0.29, 0.717) is 23.9 Å². The molecule has 1 aromatic carbocycles. The van der Waals surface area contributed by atoms with Gasteiger partial charge in [-0.05, 0) is 12.3 Å². The third-order valence-electron chi connectivity index (χ3n) is 2.78. The molecule has 1 amide bonds. The van der Waals surface area contributed by atoms with Crippen LogP contribution in [0.1, 0.15) is 30.6 Å². The largest absolute Gasteiger partial charge is 0.349 e. The number of rotatable bonds is 5. The molecule has 0 aliphatic rings. The lowest BCUT2D eigenvalue weighted by Gasteiger charge is -2.21. The predicted molar refractivity (Wildman–Crippen MR) is 70.8 cm³/mol. The third kappa shape index (κ3) is 4.23. The highest BCUT2D eigenvalue weighted by atomic mass is 79.9. The summed E-state index contributed by atoms with van der Waals surface area (Å²) in [5, 5.41) is 3.22. The molecule has 0 aromatic heterocycles. The number of carbonyl (C=O) groups excluding carboxylic acids is 1. The standard InChI is InChI=1S/C13H15BrF3NO/c1-7(2)11(3-4-14)18-13(19)12-9(16)5-8(15)6-10(12)17/h5-7,11H,3-4H2,1-2H3,(H,18,19). The van der Waals surface area contributed by atoms with Crippen LogP contribution in [0.3, 0.4) is 0 Å². The summed E-state index contributed by atoms with van der Waals surface area (Å²) in [6.45, 7) is 3.79. The minimum atomic E-state index is -1.20. The van der Waals surface area contributed by atoms with Gasteiger partial charge in [0, 0.05) is 23.5 Å². The number of nitrogens with one attached hydrogen (secondary N) is 1. The molecule has 1 aromatic rings. The van der Waals surface area contributed by atoms with Gasteiger partial charge in [0.05, 0.1) is 0 Å².